The second-order valence-electron chi connectivity index (χ2n) is 5.15. The van der Waals surface area contributed by atoms with E-state index in [2.05, 4.69) is 5.32 Å². The molecular formula is C18H19F2NO3. The molecule has 1 N–H and O–H groups in total. The van der Waals surface area contributed by atoms with Crippen LogP contribution in [0.1, 0.15) is 30.1 Å². The zero-order chi connectivity index (χ0) is 17.5. The van der Waals surface area contributed by atoms with Crippen LogP contribution in [0.2, 0.25) is 0 Å². The lowest BCUT2D eigenvalue weighted by molar-refractivity contribution is 0.102. The summed E-state index contributed by atoms with van der Waals surface area (Å²) in [5, 5.41) is 2.64. The van der Waals surface area contributed by atoms with Gasteiger partial charge in [-0.1, -0.05) is 13.3 Å². The van der Waals surface area contributed by atoms with Crippen LogP contribution < -0.4 is 14.8 Å². The van der Waals surface area contributed by atoms with Crippen LogP contribution in [0, 0.1) is 11.6 Å². The number of hydrogen-bond donors (Lipinski definition) is 1. The Morgan fingerprint density at radius 1 is 1.12 bits per heavy atom. The molecule has 2 aromatic rings. The number of carbonyl (C=O) groups is 1. The Kier molecular flexibility index (Phi) is 6.12. The molecule has 0 fully saturated rings. The first-order chi connectivity index (χ1) is 11.5. The third-order valence-corrected chi connectivity index (χ3v) is 3.37. The fourth-order valence-electron chi connectivity index (χ4n) is 2.02. The van der Waals surface area contributed by atoms with Gasteiger partial charge in [-0.2, -0.15) is 0 Å². The summed E-state index contributed by atoms with van der Waals surface area (Å²) in [5.41, 5.74) is 0.413. The van der Waals surface area contributed by atoms with Gasteiger partial charge >= 0.3 is 0 Å². The van der Waals surface area contributed by atoms with E-state index in [0.717, 1.165) is 25.0 Å². The lowest BCUT2D eigenvalue weighted by Gasteiger charge is -2.14. The summed E-state index contributed by atoms with van der Waals surface area (Å²) in [4.78, 5) is 12.3. The molecule has 128 valence electrons. The van der Waals surface area contributed by atoms with Crippen LogP contribution in [0.25, 0.3) is 0 Å². The Hall–Kier alpha value is -2.63. The standard InChI is InChI=1S/C18H19F2NO3/c1-3-4-9-24-17-8-6-13(23-2)11-16(17)21-18(22)12-5-7-14(19)15(20)10-12/h5-8,10-11H,3-4,9H2,1-2H3,(H,21,22). The predicted octanol–water partition coefficient (Wildman–Crippen LogP) is 4.40. The molecule has 0 heterocycles. The van der Waals surface area contributed by atoms with Crippen molar-refractivity contribution in [2.75, 3.05) is 19.0 Å². The van der Waals surface area contributed by atoms with Crippen LogP contribution in [0.3, 0.4) is 0 Å². The quantitative estimate of drug-likeness (QED) is 0.763. The third kappa shape index (κ3) is 4.44. The number of rotatable bonds is 7. The molecule has 0 radical (unpaired) electrons. The molecule has 24 heavy (non-hydrogen) atoms. The molecule has 0 unspecified atom stereocenters. The van der Waals surface area contributed by atoms with Crippen LogP contribution in [0.5, 0.6) is 11.5 Å². The first-order valence-corrected chi connectivity index (χ1v) is 7.62. The minimum absolute atomic E-state index is 0.0104. The molecule has 0 aliphatic heterocycles. The third-order valence-electron chi connectivity index (χ3n) is 3.37. The molecule has 2 aromatic carbocycles. The van der Waals surface area contributed by atoms with Crippen LogP contribution in [-0.2, 0) is 0 Å². The highest BCUT2D eigenvalue weighted by Crippen LogP contribution is 2.30. The van der Waals surface area contributed by atoms with Gasteiger partial charge in [0.05, 0.1) is 19.4 Å². The Bertz CT molecular complexity index is 719. The van der Waals surface area contributed by atoms with Crippen LogP contribution in [0.15, 0.2) is 36.4 Å². The lowest BCUT2D eigenvalue weighted by Crippen LogP contribution is -2.14. The minimum Gasteiger partial charge on any atom is -0.497 e. The highest BCUT2D eigenvalue weighted by atomic mass is 19.2. The smallest absolute Gasteiger partial charge is 0.255 e. The number of anilines is 1. The molecular weight excluding hydrogens is 316 g/mol. The van der Waals surface area contributed by atoms with Crippen molar-refractivity contribution >= 4 is 11.6 Å². The van der Waals surface area contributed by atoms with Crippen molar-refractivity contribution in [1.82, 2.24) is 0 Å². The van der Waals surface area contributed by atoms with E-state index < -0.39 is 17.5 Å². The molecule has 2 rings (SSSR count). The molecule has 0 saturated carbocycles. The maximum Gasteiger partial charge on any atom is 0.255 e. The van der Waals surface area contributed by atoms with Gasteiger partial charge in [-0.05, 0) is 36.8 Å². The van der Waals surface area contributed by atoms with Gasteiger partial charge < -0.3 is 14.8 Å². The molecule has 6 heteroatoms. The van der Waals surface area contributed by atoms with Crippen molar-refractivity contribution in [3.63, 3.8) is 0 Å². The zero-order valence-corrected chi connectivity index (χ0v) is 13.6. The molecule has 0 aliphatic rings. The summed E-state index contributed by atoms with van der Waals surface area (Å²) < 4.78 is 37.1. The summed E-state index contributed by atoms with van der Waals surface area (Å²) in [6.45, 7) is 2.56. The van der Waals surface area contributed by atoms with Gasteiger partial charge in [-0.15, -0.1) is 0 Å². The number of carbonyl (C=O) groups excluding carboxylic acids is 1. The summed E-state index contributed by atoms with van der Waals surface area (Å²) >= 11 is 0. The van der Waals surface area contributed by atoms with Crippen LogP contribution >= 0.6 is 0 Å². The Labute approximate surface area is 139 Å². The van der Waals surface area contributed by atoms with E-state index in [0.29, 0.717) is 23.8 Å². The number of benzene rings is 2. The van der Waals surface area contributed by atoms with Gasteiger partial charge in [0.15, 0.2) is 11.6 Å². The van der Waals surface area contributed by atoms with E-state index in [1.54, 1.807) is 18.2 Å². The van der Waals surface area contributed by atoms with Crippen molar-refractivity contribution in [1.29, 1.82) is 0 Å². The zero-order valence-electron chi connectivity index (χ0n) is 13.6. The second kappa shape index (κ2) is 8.29. The van der Waals surface area contributed by atoms with Crippen molar-refractivity contribution in [3.05, 3.63) is 53.6 Å². The maximum absolute atomic E-state index is 13.3. The normalized spacial score (nSPS) is 10.3. The van der Waals surface area contributed by atoms with E-state index in [4.69, 9.17) is 9.47 Å². The van der Waals surface area contributed by atoms with Gasteiger partial charge in [0, 0.05) is 11.6 Å². The second-order valence-corrected chi connectivity index (χ2v) is 5.15. The maximum atomic E-state index is 13.3. The van der Waals surface area contributed by atoms with Gasteiger partial charge in [0.1, 0.15) is 11.5 Å². The molecule has 1 amide bonds. The molecule has 0 atom stereocenters. The first kappa shape index (κ1) is 17.7. The summed E-state index contributed by atoms with van der Waals surface area (Å²) in [6, 6.07) is 7.99. The van der Waals surface area contributed by atoms with Crippen molar-refractivity contribution in [2.45, 2.75) is 19.8 Å². The highest BCUT2D eigenvalue weighted by molar-refractivity contribution is 6.05. The summed E-state index contributed by atoms with van der Waals surface area (Å²) in [7, 11) is 1.51. The fraction of sp³-hybridized carbons (Fsp3) is 0.278. The summed E-state index contributed by atoms with van der Waals surface area (Å²) in [5.74, 6) is -1.62. The van der Waals surface area contributed by atoms with E-state index in [1.807, 2.05) is 6.92 Å². The average molecular weight is 335 g/mol. The fourth-order valence-corrected chi connectivity index (χ4v) is 2.02. The topological polar surface area (TPSA) is 47.6 Å². The lowest BCUT2D eigenvalue weighted by atomic mass is 10.2. The van der Waals surface area contributed by atoms with Crippen molar-refractivity contribution in [3.8, 4) is 11.5 Å². The minimum atomic E-state index is -1.08. The number of halogens is 2. The molecule has 4 nitrogen and oxygen atoms in total. The Balaban J connectivity index is 2.22. The monoisotopic (exact) mass is 335 g/mol. The number of methoxy groups -OCH3 is 1. The van der Waals surface area contributed by atoms with Gasteiger partial charge in [0.25, 0.3) is 5.91 Å². The van der Waals surface area contributed by atoms with Crippen molar-refractivity contribution < 1.29 is 23.0 Å². The van der Waals surface area contributed by atoms with E-state index in [-0.39, 0.29) is 5.56 Å². The molecule has 0 aliphatic carbocycles. The predicted molar refractivity (Wildman–Crippen MR) is 87.7 cm³/mol. The van der Waals surface area contributed by atoms with Crippen LogP contribution in [-0.4, -0.2) is 19.6 Å². The highest BCUT2D eigenvalue weighted by Gasteiger charge is 2.13. The van der Waals surface area contributed by atoms with Crippen LogP contribution in [0.4, 0.5) is 14.5 Å². The van der Waals surface area contributed by atoms with Gasteiger partial charge in [0.2, 0.25) is 0 Å². The largest absolute Gasteiger partial charge is 0.497 e. The van der Waals surface area contributed by atoms with Crippen molar-refractivity contribution in [2.24, 2.45) is 0 Å². The van der Waals surface area contributed by atoms with Gasteiger partial charge in [-0.3, -0.25) is 4.79 Å². The van der Waals surface area contributed by atoms with E-state index >= 15 is 0 Å². The van der Waals surface area contributed by atoms with E-state index in [1.165, 1.54) is 13.2 Å². The van der Waals surface area contributed by atoms with Gasteiger partial charge in [-0.25, -0.2) is 8.78 Å². The van der Waals surface area contributed by atoms with E-state index in [9.17, 15) is 13.6 Å². The Morgan fingerprint density at radius 2 is 1.92 bits per heavy atom. The summed E-state index contributed by atoms with van der Waals surface area (Å²) in [6.07, 6.45) is 1.86. The molecule has 0 bridgehead atoms. The molecule has 0 aromatic heterocycles. The first-order valence-electron chi connectivity index (χ1n) is 7.62. The number of ether oxygens (including phenoxy) is 2. The SMILES string of the molecule is CCCCOc1ccc(OC)cc1NC(=O)c1ccc(F)c(F)c1. The molecule has 0 saturated heterocycles. The Morgan fingerprint density at radius 3 is 2.58 bits per heavy atom. The number of nitrogens with one attached hydrogen (secondary N) is 1. The number of hydrogen-bond acceptors (Lipinski definition) is 3. The number of amides is 1. The average Bonchev–Trinajstić information content (AvgIpc) is 2.58. The molecule has 0 spiro atoms. The number of unbranched alkanes of at least 4 members (excludes halogenated alkanes) is 1.